The Bertz CT molecular complexity index is 848. The molecule has 0 spiro atoms. The number of benzene rings is 2. The van der Waals surface area contributed by atoms with Crippen molar-refractivity contribution in [3.05, 3.63) is 59.9 Å². The summed E-state index contributed by atoms with van der Waals surface area (Å²) in [5.41, 5.74) is 4.87. The van der Waals surface area contributed by atoms with Crippen LogP contribution in [0, 0.1) is 6.92 Å². The minimum atomic E-state index is 0.724. The smallest absolute Gasteiger partial charge is 0.134 e. The molecule has 124 valence electrons. The number of rotatable bonds is 4. The van der Waals surface area contributed by atoms with Gasteiger partial charge < -0.3 is 9.32 Å². The fraction of sp³-hybridized carbons (Fsp3) is 0.364. The Balaban J connectivity index is 1.56. The Kier molecular flexibility index (Phi) is 4.15. The normalized spacial score (nSPS) is 18.5. The van der Waals surface area contributed by atoms with Crippen LogP contribution in [0.2, 0.25) is 0 Å². The summed E-state index contributed by atoms with van der Waals surface area (Å²) in [7, 11) is 0. The molecule has 0 bridgehead atoms. The molecule has 3 aromatic rings. The Morgan fingerprint density at radius 2 is 2.00 bits per heavy atom. The van der Waals surface area contributed by atoms with E-state index in [1.54, 1.807) is 0 Å². The molecule has 2 heteroatoms. The highest BCUT2D eigenvalue weighted by Gasteiger charge is 2.20. The molecule has 2 nitrogen and oxygen atoms in total. The minimum Gasteiger partial charge on any atom is -0.461 e. The van der Waals surface area contributed by atoms with Gasteiger partial charge in [-0.3, -0.25) is 0 Å². The first-order chi connectivity index (χ1) is 11.7. The summed E-state index contributed by atoms with van der Waals surface area (Å²) >= 11 is 0. The SMILES string of the molecule is Cc1ccccc1-c1ccc2oc(CCN3CCC[C@H]3C)cc2c1. The van der Waals surface area contributed by atoms with Gasteiger partial charge in [-0.2, -0.15) is 0 Å². The van der Waals surface area contributed by atoms with Crippen molar-refractivity contribution in [2.75, 3.05) is 13.1 Å². The van der Waals surface area contributed by atoms with E-state index in [2.05, 4.69) is 67.3 Å². The predicted molar refractivity (Wildman–Crippen MR) is 100 cm³/mol. The average molecular weight is 319 g/mol. The molecule has 1 aliphatic rings. The summed E-state index contributed by atoms with van der Waals surface area (Å²) in [6, 6.07) is 18.0. The van der Waals surface area contributed by atoms with Gasteiger partial charge in [0.15, 0.2) is 0 Å². The van der Waals surface area contributed by atoms with Crippen LogP contribution in [0.25, 0.3) is 22.1 Å². The maximum atomic E-state index is 6.06. The second-order valence-electron chi connectivity index (χ2n) is 7.06. The fourth-order valence-electron chi connectivity index (χ4n) is 3.86. The maximum absolute atomic E-state index is 6.06. The summed E-state index contributed by atoms with van der Waals surface area (Å²) in [5, 5.41) is 1.21. The topological polar surface area (TPSA) is 16.4 Å². The van der Waals surface area contributed by atoms with Gasteiger partial charge in [-0.25, -0.2) is 0 Å². The minimum absolute atomic E-state index is 0.724. The van der Waals surface area contributed by atoms with Crippen molar-refractivity contribution in [1.82, 2.24) is 4.90 Å². The zero-order chi connectivity index (χ0) is 16.5. The molecule has 4 rings (SSSR count). The molecule has 1 fully saturated rings. The molecule has 0 unspecified atom stereocenters. The van der Waals surface area contributed by atoms with Gasteiger partial charge in [-0.15, -0.1) is 0 Å². The summed E-state index contributed by atoms with van der Waals surface area (Å²) in [6.07, 6.45) is 3.67. The second-order valence-corrected chi connectivity index (χ2v) is 7.06. The lowest BCUT2D eigenvalue weighted by atomic mass is 10.00. The van der Waals surface area contributed by atoms with Crippen molar-refractivity contribution >= 4 is 11.0 Å². The molecule has 1 aromatic heterocycles. The summed E-state index contributed by atoms with van der Waals surface area (Å²) in [6.45, 7) is 6.84. The highest BCUT2D eigenvalue weighted by molar-refractivity contribution is 5.84. The van der Waals surface area contributed by atoms with Crippen LogP contribution < -0.4 is 0 Å². The molecule has 0 aliphatic carbocycles. The number of fused-ring (bicyclic) bond motifs is 1. The Labute approximate surface area is 144 Å². The lowest BCUT2D eigenvalue weighted by Crippen LogP contribution is -2.28. The monoisotopic (exact) mass is 319 g/mol. The standard InChI is InChI=1S/C22H25NO/c1-16-6-3-4-8-21(16)18-9-10-22-19(14-18)15-20(24-22)11-13-23-12-5-7-17(23)2/h3-4,6,8-10,14-15,17H,5,7,11-13H2,1-2H3/t17-/m1/s1. The van der Waals surface area contributed by atoms with Crippen LogP contribution in [0.5, 0.6) is 0 Å². The van der Waals surface area contributed by atoms with Crippen molar-refractivity contribution < 1.29 is 4.42 Å². The van der Waals surface area contributed by atoms with E-state index in [1.165, 1.54) is 41.5 Å². The van der Waals surface area contributed by atoms with E-state index in [-0.39, 0.29) is 0 Å². The van der Waals surface area contributed by atoms with Gasteiger partial charge in [0.25, 0.3) is 0 Å². The van der Waals surface area contributed by atoms with E-state index in [1.807, 2.05) is 0 Å². The number of aryl methyl sites for hydroxylation is 1. The molecular weight excluding hydrogens is 294 g/mol. The van der Waals surface area contributed by atoms with Crippen molar-refractivity contribution in [1.29, 1.82) is 0 Å². The first kappa shape index (κ1) is 15.5. The van der Waals surface area contributed by atoms with Gasteiger partial charge in [0.2, 0.25) is 0 Å². The van der Waals surface area contributed by atoms with Crippen molar-refractivity contribution in [3.8, 4) is 11.1 Å². The maximum Gasteiger partial charge on any atom is 0.134 e. The van der Waals surface area contributed by atoms with E-state index in [9.17, 15) is 0 Å². The largest absolute Gasteiger partial charge is 0.461 e. The second kappa shape index (κ2) is 6.45. The van der Waals surface area contributed by atoms with Gasteiger partial charge in [0.05, 0.1) is 0 Å². The number of nitrogens with zero attached hydrogens (tertiary/aromatic N) is 1. The van der Waals surface area contributed by atoms with E-state index >= 15 is 0 Å². The van der Waals surface area contributed by atoms with Crippen LogP contribution in [0.15, 0.2) is 52.9 Å². The highest BCUT2D eigenvalue weighted by atomic mass is 16.3. The molecule has 24 heavy (non-hydrogen) atoms. The van der Waals surface area contributed by atoms with E-state index in [0.29, 0.717) is 0 Å². The molecule has 2 aromatic carbocycles. The third-order valence-corrected chi connectivity index (χ3v) is 5.36. The van der Waals surface area contributed by atoms with Gasteiger partial charge in [-0.05, 0) is 68.1 Å². The van der Waals surface area contributed by atoms with Crippen LogP contribution in [0.3, 0.4) is 0 Å². The summed E-state index contributed by atoms with van der Waals surface area (Å²) in [4.78, 5) is 2.58. The first-order valence-corrected chi connectivity index (χ1v) is 9.03. The van der Waals surface area contributed by atoms with Crippen LogP contribution in [-0.4, -0.2) is 24.0 Å². The van der Waals surface area contributed by atoms with Crippen LogP contribution >= 0.6 is 0 Å². The summed E-state index contributed by atoms with van der Waals surface area (Å²) in [5.74, 6) is 1.10. The third-order valence-electron chi connectivity index (χ3n) is 5.36. The van der Waals surface area contributed by atoms with Gasteiger partial charge >= 0.3 is 0 Å². The zero-order valence-electron chi connectivity index (χ0n) is 14.6. The Morgan fingerprint density at radius 3 is 2.79 bits per heavy atom. The molecule has 0 N–H and O–H groups in total. The van der Waals surface area contributed by atoms with Crippen LogP contribution in [0.4, 0.5) is 0 Å². The fourth-order valence-corrected chi connectivity index (χ4v) is 3.86. The number of likely N-dealkylation sites (tertiary alicyclic amines) is 1. The molecule has 1 atom stereocenters. The van der Waals surface area contributed by atoms with E-state index in [4.69, 9.17) is 4.42 Å². The lowest BCUT2D eigenvalue weighted by Gasteiger charge is -2.19. The summed E-state index contributed by atoms with van der Waals surface area (Å²) < 4.78 is 6.06. The number of hydrogen-bond acceptors (Lipinski definition) is 2. The van der Waals surface area contributed by atoms with Gasteiger partial charge in [0, 0.05) is 24.4 Å². The predicted octanol–water partition coefficient (Wildman–Crippen LogP) is 5.44. The van der Waals surface area contributed by atoms with Crippen LogP contribution in [-0.2, 0) is 6.42 Å². The van der Waals surface area contributed by atoms with Crippen LogP contribution in [0.1, 0.15) is 31.1 Å². The lowest BCUT2D eigenvalue weighted by molar-refractivity contribution is 0.266. The molecule has 2 heterocycles. The average Bonchev–Trinajstić information content (AvgIpc) is 3.18. The van der Waals surface area contributed by atoms with Crippen molar-refractivity contribution in [3.63, 3.8) is 0 Å². The van der Waals surface area contributed by atoms with Crippen molar-refractivity contribution in [2.45, 2.75) is 39.2 Å². The molecule has 1 aliphatic heterocycles. The molecule has 1 saturated heterocycles. The van der Waals surface area contributed by atoms with E-state index < -0.39 is 0 Å². The third kappa shape index (κ3) is 2.99. The zero-order valence-corrected chi connectivity index (χ0v) is 14.6. The van der Waals surface area contributed by atoms with Gasteiger partial charge in [0.1, 0.15) is 11.3 Å². The Hall–Kier alpha value is -2.06. The Morgan fingerprint density at radius 1 is 1.12 bits per heavy atom. The molecule has 0 amide bonds. The van der Waals surface area contributed by atoms with E-state index in [0.717, 1.165) is 30.4 Å². The van der Waals surface area contributed by atoms with Gasteiger partial charge in [-0.1, -0.05) is 30.3 Å². The molecule has 0 saturated carbocycles. The highest BCUT2D eigenvalue weighted by Crippen LogP contribution is 2.29. The quantitative estimate of drug-likeness (QED) is 0.637. The molecule has 0 radical (unpaired) electrons. The number of furan rings is 1. The number of hydrogen-bond donors (Lipinski definition) is 0. The first-order valence-electron chi connectivity index (χ1n) is 9.03. The molecular formula is C22H25NO. The van der Waals surface area contributed by atoms with Crippen molar-refractivity contribution in [2.24, 2.45) is 0 Å².